The lowest BCUT2D eigenvalue weighted by molar-refractivity contribution is -0.356. The van der Waals surface area contributed by atoms with Gasteiger partial charge >= 0.3 is 6.36 Å². The van der Waals surface area contributed by atoms with Gasteiger partial charge in [0.15, 0.2) is 0 Å². The zero-order valence-electron chi connectivity index (χ0n) is 6.02. The molecule has 0 aromatic heterocycles. The summed E-state index contributed by atoms with van der Waals surface area (Å²) in [6.07, 6.45) is -4.56. The van der Waals surface area contributed by atoms with Gasteiger partial charge in [-0.3, -0.25) is 4.74 Å². The maximum atomic E-state index is 11.5. The van der Waals surface area contributed by atoms with E-state index >= 15 is 0 Å². The van der Waals surface area contributed by atoms with E-state index in [0.29, 0.717) is 12.8 Å². The van der Waals surface area contributed by atoms with Crippen molar-refractivity contribution in [1.82, 2.24) is 0 Å². The molecule has 1 fully saturated rings. The van der Waals surface area contributed by atoms with Gasteiger partial charge in [0.2, 0.25) is 0 Å². The van der Waals surface area contributed by atoms with Crippen molar-refractivity contribution in [3.63, 3.8) is 0 Å². The summed E-state index contributed by atoms with van der Waals surface area (Å²) in [4.78, 5) is 0. The van der Waals surface area contributed by atoms with E-state index in [-0.39, 0.29) is 6.10 Å². The SMILES string of the molecule is COC1CC(OC(F)(F)F)C1. The molecule has 0 atom stereocenters. The van der Waals surface area contributed by atoms with Crippen LogP contribution in [0.4, 0.5) is 13.2 Å². The summed E-state index contributed by atoms with van der Waals surface area (Å²) >= 11 is 0. The molecule has 0 N–H and O–H groups in total. The standard InChI is InChI=1S/C6H9F3O2/c1-10-4-2-5(3-4)11-6(7,8)9/h4-5H,2-3H2,1H3. The third-order valence-electron chi connectivity index (χ3n) is 1.69. The minimum Gasteiger partial charge on any atom is -0.381 e. The van der Waals surface area contributed by atoms with Crippen LogP contribution in [-0.4, -0.2) is 25.7 Å². The second kappa shape index (κ2) is 2.98. The molecule has 2 nitrogen and oxygen atoms in total. The van der Waals surface area contributed by atoms with Crippen LogP contribution in [0, 0.1) is 0 Å². The Kier molecular flexibility index (Phi) is 2.39. The first kappa shape index (κ1) is 8.80. The fourth-order valence-corrected chi connectivity index (χ4v) is 0.995. The maximum absolute atomic E-state index is 11.5. The average Bonchev–Trinajstić information content (AvgIpc) is 1.75. The third kappa shape index (κ3) is 2.67. The van der Waals surface area contributed by atoms with Gasteiger partial charge in [0.1, 0.15) is 0 Å². The van der Waals surface area contributed by atoms with Crippen molar-refractivity contribution in [2.75, 3.05) is 7.11 Å². The van der Waals surface area contributed by atoms with Crippen molar-refractivity contribution in [2.45, 2.75) is 31.4 Å². The predicted molar refractivity (Wildman–Crippen MR) is 31.0 cm³/mol. The van der Waals surface area contributed by atoms with E-state index in [0.717, 1.165) is 0 Å². The van der Waals surface area contributed by atoms with Gasteiger partial charge in [0, 0.05) is 20.0 Å². The van der Waals surface area contributed by atoms with Crippen LogP contribution in [0.25, 0.3) is 0 Å². The van der Waals surface area contributed by atoms with Crippen LogP contribution in [0.2, 0.25) is 0 Å². The Labute approximate surface area is 62.3 Å². The molecule has 0 spiro atoms. The van der Waals surface area contributed by atoms with Crippen LogP contribution >= 0.6 is 0 Å². The average molecular weight is 170 g/mol. The number of alkyl halides is 3. The molecule has 0 aliphatic heterocycles. The molecule has 0 aromatic carbocycles. The van der Waals surface area contributed by atoms with E-state index in [2.05, 4.69) is 4.74 Å². The van der Waals surface area contributed by atoms with Crippen molar-refractivity contribution < 1.29 is 22.6 Å². The van der Waals surface area contributed by atoms with Crippen molar-refractivity contribution in [2.24, 2.45) is 0 Å². The van der Waals surface area contributed by atoms with E-state index in [1.54, 1.807) is 0 Å². The Morgan fingerprint density at radius 2 is 1.73 bits per heavy atom. The molecule has 1 saturated carbocycles. The van der Waals surface area contributed by atoms with Gasteiger partial charge in [-0.15, -0.1) is 13.2 Å². The molecular weight excluding hydrogens is 161 g/mol. The van der Waals surface area contributed by atoms with Crippen LogP contribution in [0.5, 0.6) is 0 Å². The summed E-state index contributed by atoms with van der Waals surface area (Å²) in [5, 5.41) is 0. The number of rotatable bonds is 2. The van der Waals surface area contributed by atoms with Gasteiger partial charge in [-0.25, -0.2) is 0 Å². The molecule has 0 aromatic rings. The quantitative estimate of drug-likeness (QED) is 0.628. The molecular formula is C6H9F3O2. The Balaban J connectivity index is 2.14. The van der Waals surface area contributed by atoms with Gasteiger partial charge in [-0.2, -0.15) is 0 Å². The van der Waals surface area contributed by atoms with Crippen molar-refractivity contribution in [1.29, 1.82) is 0 Å². The lowest BCUT2D eigenvalue weighted by Crippen LogP contribution is -2.40. The van der Waals surface area contributed by atoms with E-state index in [1.165, 1.54) is 7.11 Å². The van der Waals surface area contributed by atoms with Gasteiger partial charge in [-0.1, -0.05) is 0 Å². The molecule has 66 valence electrons. The number of hydrogen-bond acceptors (Lipinski definition) is 2. The van der Waals surface area contributed by atoms with Crippen LogP contribution in [0.15, 0.2) is 0 Å². The van der Waals surface area contributed by atoms with Crippen LogP contribution in [0.3, 0.4) is 0 Å². The molecule has 1 rings (SSSR count). The van der Waals surface area contributed by atoms with Crippen LogP contribution < -0.4 is 0 Å². The highest BCUT2D eigenvalue weighted by Crippen LogP contribution is 2.31. The molecule has 1 aliphatic carbocycles. The normalized spacial score (nSPS) is 31.6. The second-order valence-electron chi connectivity index (χ2n) is 2.51. The summed E-state index contributed by atoms with van der Waals surface area (Å²) < 4.78 is 43.0. The number of ether oxygens (including phenoxy) is 2. The highest BCUT2D eigenvalue weighted by Gasteiger charge is 2.40. The molecule has 5 heteroatoms. The molecule has 0 radical (unpaired) electrons. The van der Waals surface area contributed by atoms with E-state index in [4.69, 9.17) is 4.74 Å². The number of methoxy groups -OCH3 is 1. The largest absolute Gasteiger partial charge is 0.522 e. The second-order valence-corrected chi connectivity index (χ2v) is 2.51. The summed E-state index contributed by atoms with van der Waals surface area (Å²) in [6.45, 7) is 0. The summed E-state index contributed by atoms with van der Waals surface area (Å²) in [5.41, 5.74) is 0. The summed E-state index contributed by atoms with van der Waals surface area (Å²) in [5.74, 6) is 0. The Morgan fingerprint density at radius 1 is 1.18 bits per heavy atom. The van der Waals surface area contributed by atoms with E-state index < -0.39 is 12.5 Å². The van der Waals surface area contributed by atoms with Gasteiger partial charge in [0.05, 0.1) is 12.2 Å². The molecule has 0 bridgehead atoms. The lowest BCUT2D eigenvalue weighted by Gasteiger charge is -2.33. The first-order chi connectivity index (χ1) is 5.01. The lowest BCUT2D eigenvalue weighted by atomic mass is 9.92. The minimum atomic E-state index is -4.50. The highest BCUT2D eigenvalue weighted by atomic mass is 19.4. The van der Waals surface area contributed by atoms with E-state index in [9.17, 15) is 13.2 Å². The molecule has 0 heterocycles. The van der Waals surface area contributed by atoms with Crippen molar-refractivity contribution in [3.05, 3.63) is 0 Å². The first-order valence-electron chi connectivity index (χ1n) is 3.28. The fourth-order valence-electron chi connectivity index (χ4n) is 0.995. The van der Waals surface area contributed by atoms with Crippen molar-refractivity contribution in [3.8, 4) is 0 Å². The molecule has 0 unspecified atom stereocenters. The fraction of sp³-hybridized carbons (Fsp3) is 1.00. The van der Waals surface area contributed by atoms with Crippen LogP contribution in [-0.2, 0) is 9.47 Å². The molecule has 0 saturated heterocycles. The minimum absolute atomic E-state index is 0.0534. The van der Waals surface area contributed by atoms with Gasteiger partial charge in [-0.05, 0) is 0 Å². The highest BCUT2D eigenvalue weighted by molar-refractivity contribution is 4.80. The molecule has 1 aliphatic rings. The summed E-state index contributed by atoms with van der Waals surface area (Å²) in [7, 11) is 1.48. The Hall–Kier alpha value is -0.290. The first-order valence-corrected chi connectivity index (χ1v) is 3.28. The monoisotopic (exact) mass is 170 g/mol. The predicted octanol–water partition coefficient (Wildman–Crippen LogP) is 1.70. The third-order valence-corrected chi connectivity index (χ3v) is 1.69. The van der Waals surface area contributed by atoms with E-state index in [1.807, 2.05) is 0 Å². The number of halogens is 3. The Morgan fingerprint density at radius 3 is 2.09 bits per heavy atom. The van der Waals surface area contributed by atoms with Crippen molar-refractivity contribution >= 4 is 0 Å². The Bertz CT molecular complexity index is 128. The smallest absolute Gasteiger partial charge is 0.381 e. The van der Waals surface area contributed by atoms with Gasteiger partial charge < -0.3 is 4.74 Å². The van der Waals surface area contributed by atoms with Gasteiger partial charge in [0.25, 0.3) is 0 Å². The number of hydrogen-bond donors (Lipinski definition) is 0. The summed E-state index contributed by atoms with van der Waals surface area (Å²) in [6, 6.07) is 0. The van der Waals surface area contributed by atoms with Crippen LogP contribution in [0.1, 0.15) is 12.8 Å². The maximum Gasteiger partial charge on any atom is 0.522 e. The molecule has 11 heavy (non-hydrogen) atoms. The zero-order valence-corrected chi connectivity index (χ0v) is 6.02. The zero-order chi connectivity index (χ0) is 8.48. The topological polar surface area (TPSA) is 18.5 Å². The molecule has 0 amide bonds.